The van der Waals surface area contributed by atoms with Gasteiger partial charge in [0, 0.05) is 25.2 Å². The summed E-state index contributed by atoms with van der Waals surface area (Å²) in [4.78, 5) is 22.6. The number of thioether (sulfide) groups is 1. The second-order valence-electron chi connectivity index (χ2n) is 5.68. The van der Waals surface area contributed by atoms with E-state index in [1.54, 1.807) is 7.05 Å². The highest BCUT2D eigenvalue weighted by Gasteiger charge is 2.34. The molecule has 2 rings (SSSR count). The van der Waals surface area contributed by atoms with Crippen LogP contribution in [-0.4, -0.2) is 52.1 Å². The van der Waals surface area contributed by atoms with Gasteiger partial charge < -0.3 is 4.90 Å². The summed E-state index contributed by atoms with van der Waals surface area (Å²) in [6, 6.07) is 2.16. The van der Waals surface area contributed by atoms with E-state index in [1.165, 1.54) is 24.0 Å². The molecule has 0 saturated carbocycles. The highest BCUT2D eigenvalue weighted by molar-refractivity contribution is 8.23. The Morgan fingerprint density at radius 3 is 2.20 bits per heavy atom. The molecule has 0 aromatic heterocycles. The average molecular weight is 405 g/mol. The highest BCUT2D eigenvalue weighted by Crippen LogP contribution is 2.40. The Kier molecular flexibility index (Phi) is 5.64. The van der Waals surface area contributed by atoms with Crippen molar-refractivity contribution in [3.05, 3.63) is 37.9 Å². The molecular formula is C13H15N3O6S3. The SMILES string of the molecule is Cc1cc([N+](=O)[O-])c(SC(=S)N(C)[C@@H]2CCS(=O)(=O)C2)c([N+](=O)[O-])c1. The summed E-state index contributed by atoms with van der Waals surface area (Å²) < 4.78 is 23.3. The van der Waals surface area contributed by atoms with E-state index in [2.05, 4.69) is 0 Å². The summed E-state index contributed by atoms with van der Waals surface area (Å²) in [7, 11) is -1.53. The number of thiocarbonyl (C=S) groups is 1. The smallest absolute Gasteiger partial charge is 0.290 e. The average Bonchev–Trinajstić information content (AvgIpc) is 2.87. The molecule has 0 N–H and O–H groups in total. The summed E-state index contributed by atoms with van der Waals surface area (Å²) in [5.41, 5.74) is -0.401. The van der Waals surface area contributed by atoms with Gasteiger partial charge in [-0.05, 0) is 30.7 Å². The number of nitro groups is 2. The standard InChI is InChI=1S/C13H15N3O6S3/c1-8-5-10(15(17)18)12(11(6-8)16(19)20)24-13(23)14(2)9-3-4-25(21,22)7-9/h5-6,9H,3-4,7H2,1-2H3/t9-/m1/s1. The van der Waals surface area contributed by atoms with Crippen LogP contribution in [0, 0.1) is 27.2 Å². The number of nitro benzene ring substituents is 2. The third-order valence-corrected chi connectivity index (χ3v) is 7.19. The van der Waals surface area contributed by atoms with Crippen molar-refractivity contribution in [1.82, 2.24) is 4.90 Å². The molecule has 12 heteroatoms. The van der Waals surface area contributed by atoms with Crippen molar-refractivity contribution < 1.29 is 18.3 Å². The van der Waals surface area contributed by atoms with Gasteiger partial charge in [0.15, 0.2) is 14.7 Å². The van der Waals surface area contributed by atoms with E-state index in [0.717, 1.165) is 11.8 Å². The minimum absolute atomic E-state index is 0.0533. The zero-order chi connectivity index (χ0) is 18.9. The number of rotatable bonds is 4. The van der Waals surface area contributed by atoms with Crippen molar-refractivity contribution in [2.24, 2.45) is 0 Å². The Labute approximate surface area is 153 Å². The first-order valence-electron chi connectivity index (χ1n) is 7.10. The summed E-state index contributed by atoms with van der Waals surface area (Å²) in [6.45, 7) is 1.53. The Hall–Kier alpha value is -1.79. The molecule has 1 aliphatic heterocycles. The number of hydrogen-bond donors (Lipinski definition) is 0. The van der Waals surface area contributed by atoms with Gasteiger partial charge in [-0.2, -0.15) is 0 Å². The molecule has 0 radical (unpaired) electrons. The minimum Gasteiger partial charge on any atom is -0.356 e. The molecule has 9 nitrogen and oxygen atoms in total. The topological polar surface area (TPSA) is 124 Å². The van der Waals surface area contributed by atoms with Gasteiger partial charge in [0.25, 0.3) is 11.4 Å². The predicted molar refractivity (Wildman–Crippen MR) is 97.8 cm³/mol. The van der Waals surface area contributed by atoms with E-state index < -0.39 is 31.1 Å². The van der Waals surface area contributed by atoms with Crippen LogP contribution in [0.4, 0.5) is 11.4 Å². The van der Waals surface area contributed by atoms with Crippen molar-refractivity contribution in [2.75, 3.05) is 18.6 Å². The molecule has 1 atom stereocenters. The van der Waals surface area contributed by atoms with Crippen molar-refractivity contribution >= 4 is 49.5 Å². The van der Waals surface area contributed by atoms with Crippen LogP contribution in [0.5, 0.6) is 0 Å². The lowest BCUT2D eigenvalue weighted by Crippen LogP contribution is -2.35. The van der Waals surface area contributed by atoms with Gasteiger partial charge in [-0.3, -0.25) is 20.2 Å². The third-order valence-electron chi connectivity index (χ3n) is 3.82. The van der Waals surface area contributed by atoms with Crippen LogP contribution in [0.3, 0.4) is 0 Å². The van der Waals surface area contributed by atoms with Gasteiger partial charge in [0.2, 0.25) is 0 Å². The molecule has 1 aromatic rings. The Balaban J connectivity index is 2.34. The quantitative estimate of drug-likeness (QED) is 0.321. The van der Waals surface area contributed by atoms with Gasteiger partial charge in [0.1, 0.15) is 4.32 Å². The van der Waals surface area contributed by atoms with Gasteiger partial charge in [-0.25, -0.2) is 8.42 Å². The number of aryl methyl sites for hydroxylation is 1. The fourth-order valence-corrected chi connectivity index (χ4v) is 5.62. The summed E-state index contributed by atoms with van der Waals surface area (Å²) in [5, 5.41) is 22.5. The van der Waals surface area contributed by atoms with Crippen molar-refractivity contribution in [3.8, 4) is 0 Å². The highest BCUT2D eigenvalue weighted by atomic mass is 32.2. The predicted octanol–water partition coefficient (Wildman–Crippen LogP) is 2.31. The van der Waals surface area contributed by atoms with Crippen LogP contribution < -0.4 is 0 Å². The van der Waals surface area contributed by atoms with Gasteiger partial charge >= 0.3 is 0 Å². The number of benzene rings is 1. The lowest BCUT2D eigenvalue weighted by Gasteiger charge is -2.25. The van der Waals surface area contributed by atoms with Crippen LogP contribution in [0.25, 0.3) is 0 Å². The molecule has 0 aliphatic carbocycles. The third kappa shape index (κ3) is 4.44. The molecule has 1 heterocycles. The monoisotopic (exact) mass is 405 g/mol. The number of nitrogens with zero attached hydrogens (tertiary/aromatic N) is 3. The molecule has 1 aliphatic rings. The van der Waals surface area contributed by atoms with E-state index in [9.17, 15) is 28.6 Å². The van der Waals surface area contributed by atoms with Crippen molar-refractivity contribution in [3.63, 3.8) is 0 Å². The fourth-order valence-electron chi connectivity index (χ4n) is 2.50. The maximum atomic E-state index is 11.6. The van der Waals surface area contributed by atoms with E-state index in [4.69, 9.17) is 12.2 Å². The molecule has 0 spiro atoms. The first-order chi connectivity index (χ1) is 11.5. The summed E-state index contributed by atoms with van der Waals surface area (Å²) in [5.74, 6) is 0.00238. The van der Waals surface area contributed by atoms with Crippen molar-refractivity contribution in [1.29, 1.82) is 0 Å². The molecule has 1 saturated heterocycles. The van der Waals surface area contributed by atoms with Gasteiger partial charge in [-0.15, -0.1) is 0 Å². The van der Waals surface area contributed by atoms with Crippen LogP contribution >= 0.6 is 24.0 Å². The molecule has 0 amide bonds. The lowest BCUT2D eigenvalue weighted by molar-refractivity contribution is -0.399. The molecular weight excluding hydrogens is 390 g/mol. The lowest BCUT2D eigenvalue weighted by atomic mass is 10.2. The molecule has 136 valence electrons. The first-order valence-corrected chi connectivity index (χ1v) is 10.1. The van der Waals surface area contributed by atoms with Crippen LogP contribution in [0.15, 0.2) is 17.0 Å². The Bertz CT molecular complexity index is 820. The number of hydrogen-bond acceptors (Lipinski definition) is 8. The van der Waals surface area contributed by atoms with E-state index in [1.807, 2.05) is 0 Å². The van der Waals surface area contributed by atoms with Gasteiger partial charge in [-0.1, -0.05) is 12.2 Å². The molecule has 0 bridgehead atoms. The molecule has 1 aromatic carbocycles. The first kappa shape index (κ1) is 19.5. The normalized spacial score (nSPS) is 18.7. The number of sulfone groups is 1. The van der Waals surface area contributed by atoms with E-state index >= 15 is 0 Å². The zero-order valence-electron chi connectivity index (χ0n) is 13.4. The van der Waals surface area contributed by atoms with Crippen LogP contribution in [-0.2, 0) is 9.84 Å². The van der Waals surface area contributed by atoms with Crippen molar-refractivity contribution in [2.45, 2.75) is 24.3 Å². The zero-order valence-corrected chi connectivity index (χ0v) is 15.8. The van der Waals surface area contributed by atoms with Crippen LogP contribution in [0.2, 0.25) is 0 Å². The molecule has 1 fully saturated rings. The van der Waals surface area contributed by atoms with E-state index in [0.29, 0.717) is 12.0 Å². The Morgan fingerprint density at radius 2 is 1.80 bits per heavy atom. The fraction of sp³-hybridized carbons (Fsp3) is 0.462. The maximum absolute atomic E-state index is 11.6. The van der Waals surface area contributed by atoms with E-state index in [-0.39, 0.29) is 26.8 Å². The summed E-state index contributed by atoms with van der Waals surface area (Å²) in [6.07, 6.45) is 0.400. The largest absolute Gasteiger partial charge is 0.356 e. The summed E-state index contributed by atoms with van der Waals surface area (Å²) >= 11 is 5.98. The second kappa shape index (κ2) is 7.22. The molecule has 25 heavy (non-hydrogen) atoms. The maximum Gasteiger partial charge on any atom is 0.290 e. The molecule has 0 unspecified atom stereocenters. The van der Waals surface area contributed by atoms with Gasteiger partial charge in [0.05, 0.1) is 21.4 Å². The minimum atomic E-state index is -3.12. The second-order valence-corrected chi connectivity index (χ2v) is 9.56. The van der Waals surface area contributed by atoms with Crippen LogP contribution in [0.1, 0.15) is 12.0 Å². The Morgan fingerprint density at radius 1 is 1.28 bits per heavy atom.